The van der Waals surface area contributed by atoms with Crippen LogP contribution in [0.25, 0.3) is 11.0 Å². The molecule has 0 spiro atoms. The van der Waals surface area contributed by atoms with E-state index in [1.54, 1.807) is 26.4 Å². The van der Waals surface area contributed by atoms with Crippen molar-refractivity contribution < 1.29 is 23.4 Å². The van der Waals surface area contributed by atoms with E-state index in [0.29, 0.717) is 46.1 Å². The number of benzene rings is 2. The van der Waals surface area contributed by atoms with Gasteiger partial charge in [-0.3, -0.25) is 4.79 Å². The van der Waals surface area contributed by atoms with Crippen LogP contribution in [0.1, 0.15) is 26.8 Å². The quantitative estimate of drug-likeness (QED) is 0.375. The van der Waals surface area contributed by atoms with Crippen LogP contribution < -0.4 is 19.8 Å². The lowest BCUT2D eigenvalue weighted by molar-refractivity contribution is 0.0595. The van der Waals surface area contributed by atoms with Gasteiger partial charge in [0.15, 0.2) is 11.5 Å². The zero-order valence-corrected chi connectivity index (χ0v) is 19.6. The van der Waals surface area contributed by atoms with Crippen LogP contribution in [0.15, 0.2) is 69.2 Å². The standard InChI is InChI=1S/C26H23NO6S/c1-30-22-12-16-9-10-27(26(29)24-8-5-11-34-24)19(18(16)13-23(22)31-2)15-32-21-14-25(28)33-20-7-4-3-6-17(20)21/h3-8,11-14,19H,9-10,15H2,1-2H3. The molecule has 1 unspecified atom stereocenters. The van der Waals surface area contributed by atoms with Crippen LogP contribution in [-0.4, -0.2) is 38.2 Å². The van der Waals surface area contributed by atoms with Gasteiger partial charge in [-0.15, -0.1) is 11.3 Å². The predicted octanol–water partition coefficient (Wildman–Crippen LogP) is 4.69. The fourth-order valence-electron chi connectivity index (χ4n) is 4.36. The summed E-state index contributed by atoms with van der Waals surface area (Å²) < 4.78 is 22.5. The molecule has 0 aliphatic carbocycles. The molecule has 0 saturated heterocycles. The zero-order chi connectivity index (χ0) is 23.7. The van der Waals surface area contributed by atoms with Gasteiger partial charge in [-0.05, 0) is 53.3 Å². The molecule has 1 amide bonds. The van der Waals surface area contributed by atoms with Gasteiger partial charge in [0, 0.05) is 6.54 Å². The highest BCUT2D eigenvalue weighted by molar-refractivity contribution is 7.12. The van der Waals surface area contributed by atoms with E-state index in [9.17, 15) is 9.59 Å². The number of amides is 1. The van der Waals surface area contributed by atoms with E-state index in [0.717, 1.165) is 11.1 Å². The lowest BCUT2D eigenvalue weighted by Gasteiger charge is -2.37. The molecule has 4 aromatic rings. The molecular weight excluding hydrogens is 454 g/mol. The summed E-state index contributed by atoms with van der Waals surface area (Å²) in [5, 5.41) is 2.58. The first-order chi connectivity index (χ1) is 16.6. The van der Waals surface area contributed by atoms with Gasteiger partial charge in [0.25, 0.3) is 5.91 Å². The number of hydrogen-bond donors (Lipinski definition) is 0. The Morgan fingerprint density at radius 1 is 1.06 bits per heavy atom. The number of carbonyl (C=O) groups is 1. The number of para-hydroxylation sites is 1. The smallest absolute Gasteiger partial charge is 0.339 e. The molecule has 0 N–H and O–H groups in total. The molecule has 2 aromatic heterocycles. The Balaban J connectivity index is 1.55. The normalized spacial score (nSPS) is 15.1. The van der Waals surface area contributed by atoms with Crippen LogP contribution in [0.5, 0.6) is 17.2 Å². The van der Waals surface area contributed by atoms with Crippen molar-refractivity contribution in [2.45, 2.75) is 12.5 Å². The molecule has 3 heterocycles. The minimum atomic E-state index is -0.490. The molecule has 174 valence electrons. The molecule has 2 aromatic carbocycles. The SMILES string of the molecule is COc1cc2c(cc1OC)C(COc1cc(=O)oc3ccccc13)N(C(=O)c1cccs1)CC2. The Hall–Kier alpha value is -3.78. The Morgan fingerprint density at radius 2 is 1.85 bits per heavy atom. The zero-order valence-electron chi connectivity index (χ0n) is 18.8. The average Bonchev–Trinajstić information content (AvgIpc) is 3.40. The van der Waals surface area contributed by atoms with E-state index in [2.05, 4.69) is 0 Å². The first kappa shape index (κ1) is 22.0. The molecule has 8 heteroatoms. The molecule has 1 aliphatic heterocycles. The van der Waals surface area contributed by atoms with Crippen LogP contribution in [-0.2, 0) is 6.42 Å². The van der Waals surface area contributed by atoms with Crippen molar-refractivity contribution in [3.05, 3.63) is 86.4 Å². The summed E-state index contributed by atoms with van der Waals surface area (Å²) in [6.45, 7) is 0.692. The Bertz CT molecular complexity index is 1390. The third-order valence-electron chi connectivity index (χ3n) is 6.00. The highest BCUT2D eigenvalue weighted by Gasteiger charge is 2.34. The summed E-state index contributed by atoms with van der Waals surface area (Å²) >= 11 is 1.41. The molecular formula is C26H23NO6S. The summed E-state index contributed by atoms with van der Waals surface area (Å²) in [6, 6.07) is 15.7. The van der Waals surface area contributed by atoms with E-state index in [-0.39, 0.29) is 18.6 Å². The van der Waals surface area contributed by atoms with Gasteiger partial charge in [-0.2, -0.15) is 0 Å². The first-order valence-electron chi connectivity index (χ1n) is 10.8. The monoisotopic (exact) mass is 477 g/mol. The Labute approximate surface area is 200 Å². The van der Waals surface area contributed by atoms with Gasteiger partial charge < -0.3 is 23.5 Å². The average molecular weight is 478 g/mol. The summed E-state index contributed by atoms with van der Waals surface area (Å²) in [5.74, 6) is 1.59. The maximum absolute atomic E-state index is 13.4. The predicted molar refractivity (Wildman–Crippen MR) is 129 cm³/mol. The van der Waals surface area contributed by atoms with Crippen molar-refractivity contribution in [1.29, 1.82) is 0 Å². The van der Waals surface area contributed by atoms with E-state index in [1.165, 1.54) is 17.4 Å². The summed E-state index contributed by atoms with van der Waals surface area (Å²) in [6.07, 6.45) is 0.682. The number of methoxy groups -OCH3 is 2. The second-order valence-corrected chi connectivity index (χ2v) is 8.83. The minimum absolute atomic E-state index is 0.0542. The van der Waals surface area contributed by atoms with Crippen molar-refractivity contribution in [2.24, 2.45) is 0 Å². The largest absolute Gasteiger partial charge is 0.493 e. The number of carbonyl (C=O) groups excluding carboxylic acids is 1. The fraction of sp³-hybridized carbons (Fsp3) is 0.231. The number of fused-ring (bicyclic) bond motifs is 2. The number of thiophene rings is 1. The second kappa shape index (κ2) is 9.23. The molecule has 7 nitrogen and oxygen atoms in total. The van der Waals surface area contributed by atoms with E-state index >= 15 is 0 Å². The van der Waals surface area contributed by atoms with E-state index in [4.69, 9.17) is 18.6 Å². The van der Waals surface area contributed by atoms with Gasteiger partial charge in [0.05, 0.1) is 36.6 Å². The summed E-state index contributed by atoms with van der Waals surface area (Å²) in [5.41, 5.74) is 1.96. The van der Waals surface area contributed by atoms with Crippen LogP contribution in [0.3, 0.4) is 0 Å². The number of rotatable bonds is 6. The highest BCUT2D eigenvalue weighted by Crippen LogP contribution is 2.39. The molecule has 0 radical (unpaired) electrons. The van der Waals surface area contributed by atoms with Crippen LogP contribution >= 0.6 is 11.3 Å². The van der Waals surface area contributed by atoms with Crippen molar-refractivity contribution in [2.75, 3.05) is 27.4 Å². The summed E-state index contributed by atoms with van der Waals surface area (Å²) in [4.78, 5) is 28.0. The van der Waals surface area contributed by atoms with E-state index < -0.39 is 5.63 Å². The van der Waals surface area contributed by atoms with Gasteiger partial charge in [0.2, 0.25) is 0 Å². The lowest BCUT2D eigenvalue weighted by atomic mass is 9.92. The van der Waals surface area contributed by atoms with Crippen molar-refractivity contribution >= 4 is 28.2 Å². The summed E-state index contributed by atoms with van der Waals surface area (Å²) in [7, 11) is 3.19. The highest BCUT2D eigenvalue weighted by atomic mass is 32.1. The molecule has 5 rings (SSSR count). The minimum Gasteiger partial charge on any atom is -0.493 e. The molecule has 34 heavy (non-hydrogen) atoms. The van der Waals surface area contributed by atoms with Crippen LogP contribution in [0, 0.1) is 0 Å². The second-order valence-electron chi connectivity index (χ2n) is 7.88. The molecule has 0 bridgehead atoms. The van der Waals surface area contributed by atoms with Gasteiger partial charge in [-0.25, -0.2) is 4.79 Å². The lowest BCUT2D eigenvalue weighted by Crippen LogP contribution is -2.42. The number of nitrogens with zero attached hydrogens (tertiary/aromatic N) is 1. The van der Waals surface area contributed by atoms with Gasteiger partial charge >= 0.3 is 5.63 Å². The number of ether oxygens (including phenoxy) is 3. The van der Waals surface area contributed by atoms with Crippen molar-refractivity contribution in [1.82, 2.24) is 4.90 Å². The molecule has 1 aliphatic rings. The maximum Gasteiger partial charge on any atom is 0.339 e. The van der Waals surface area contributed by atoms with Crippen molar-refractivity contribution in [3.63, 3.8) is 0 Å². The van der Waals surface area contributed by atoms with Gasteiger partial charge in [0.1, 0.15) is 17.9 Å². The third kappa shape index (κ3) is 4.01. The topological polar surface area (TPSA) is 78.2 Å². The first-order valence-corrected chi connectivity index (χ1v) is 11.7. The maximum atomic E-state index is 13.4. The molecule has 0 fully saturated rings. The van der Waals surface area contributed by atoms with E-state index in [1.807, 2.05) is 46.7 Å². The Morgan fingerprint density at radius 3 is 2.62 bits per heavy atom. The fourth-order valence-corrected chi connectivity index (χ4v) is 5.04. The Kier molecular flexibility index (Phi) is 5.98. The van der Waals surface area contributed by atoms with Crippen LogP contribution in [0.2, 0.25) is 0 Å². The van der Waals surface area contributed by atoms with Gasteiger partial charge in [-0.1, -0.05) is 18.2 Å². The number of hydrogen-bond acceptors (Lipinski definition) is 7. The molecule has 0 saturated carbocycles. The van der Waals surface area contributed by atoms with Crippen LogP contribution in [0.4, 0.5) is 0 Å². The third-order valence-corrected chi connectivity index (χ3v) is 6.86. The van der Waals surface area contributed by atoms with Crippen molar-refractivity contribution in [3.8, 4) is 17.2 Å². The molecule has 1 atom stereocenters.